The molecule has 1 unspecified atom stereocenters. The van der Waals surface area contributed by atoms with Gasteiger partial charge in [-0.15, -0.1) is 0 Å². The van der Waals surface area contributed by atoms with Crippen LogP contribution in [0.5, 0.6) is 0 Å². The molecule has 2 amide bonds. The number of nitrogens with zero attached hydrogens (tertiary/aromatic N) is 3. The summed E-state index contributed by atoms with van der Waals surface area (Å²) in [7, 11) is 0. The number of urea groups is 1. The first-order valence-electron chi connectivity index (χ1n) is 10.5. The van der Waals surface area contributed by atoms with Crippen molar-refractivity contribution in [3.05, 3.63) is 101 Å². The SMILES string of the molecule is O=C1N(Cc2cc[n+]([O-])cc2)c2ccc(F)c(F)c2C(CCF)(c2ccccc2)N1CC(F)(F)F. The number of fused-ring (bicyclic) bond motifs is 1. The van der Waals surface area contributed by atoms with Crippen LogP contribution >= 0.6 is 0 Å². The number of anilines is 1. The molecule has 11 heteroatoms. The Labute approximate surface area is 196 Å². The van der Waals surface area contributed by atoms with Gasteiger partial charge in [0.2, 0.25) is 0 Å². The number of amides is 2. The van der Waals surface area contributed by atoms with Crippen LogP contribution in [-0.2, 0) is 12.1 Å². The Morgan fingerprint density at radius 3 is 2.23 bits per heavy atom. The van der Waals surface area contributed by atoms with Crippen LogP contribution in [-0.4, -0.2) is 30.3 Å². The van der Waals surface area contributed by atoms with Crippen LogP contribution in [0.25, 0.3) is 0 Å². The van der Waals surface area contributed by atoms with Crippen LogP contribution in [0, 0.1) is 16.8 Å². The molecule has 4 rings (SSSR count). The maximum absolute atomic E-state index is 15.5. The molecular formula is C24H19F6N3O2. The van der Waals surface area contributed by atoms with E-state index in [9.17, 15) is 32.0 Å². The second kappa shape index (κ2) is 9.12. The summed E-state index contributed by atoms with van der Waals surface area (Å²) in [4.78, 5) is 14.9. The lowest BCUT2D eigenvalue weighted by Gasteiger charge is -2.51. The topological polar surface area (TPSA) is 50.5 Å². The highest BCUT2D eigenvalue weighted by atomic mass is 19.4. The minimum Gasteiger partial charge on any atom is -0.619 e. The fourth-order valence-electron chi connectivity index (χ4n) is 4.53. The van der Waals surface area contributed by atoms with Crippen LogP contribution in [0.1, 0.15) is 23.1 Å². The lowest BCUT2D eigenvalue weighted by molar-refractivity contribution is -0.605. The van der Waals surface area contributed by atoms with E-state index in [0.29, 0.717) is 15.2 Å². The van der Waals surface area contributed by atoms with Crippen molar-refractivity contribution in [2.45, 2.75) is 24.7 Å². The van der Waals surface area contributed by atoms with Crippen LogP contribution in [0.3, 0.4) is 0 Å². The Kier molecular flexibility index (Phi) is 6.35. The van der Waals surface area contributed by atoms with E-state index in [4.69, 9.17) is 0 Å². The minimum absolute atomic E-state index is 0.00718. The van der Waals surface area contributed by atoms with Crippen molar-refractivity contribution in [2.75, 3.05) is 18.1 Å². The van der Waals surface area contributed by atoms with Crippen LogP contribution in [0.4, 0.5) is 36.8 Å². The molecular weight excluding hydrogens is 476 g/mol. The van der Waals surface area contributed by atoms with Gasteiger partial charge in [-0.05, 0) is 23.3 Å². The first-order valence-corrected chi connectivity index (χ1v) is 10.5. The predicted octanol–water partition coefficient (Wildman–Crippen LogP) is 5.21. The Hall–Kier alpha value is -3.76. The number of alkyl halides is 4. The van der Waals surface area contributed by atoms with Gasteiger partial charge in [0.15, 0.2) is 24.0 Å². The molecule has 1 atom stereocenters. The number of aromatic nitrogens is 1. The van der Waals surface area contributed by atoms with Gasteiger partial charge < -0.3 is 10.1 Å². The Balaban J connectivity index is 2.02. The van der Waals surface area contributed by atoms with Gasteiger partial charge in [0.25, 0.3) is 0 Å². The summed E-state index contributed by atoms with van der Waals surface area (Å²) in [6, 6.07) is 10.5. The van der Waals surface area contributed by atoms with Crippen LogP contribution in [0.15, 0.2) is 67.0 Å². The average Bonchev–Trinajstić information content (AvgIpc) is 2.82. The van der Waals surface area contributed by atoms with Crippen molar-refractivity contribution in [2.24, 2.45) is 0 Å². The molecule has 2 heterocycles. The third-order valence-corrected chi connectivity index (χ3v) is 5.96. The number of halogens is 6. The maximum Gasteiger partial charge on any atom is 0.406 e. The number of rotatable bonds is 6. The number of carbonyl (C=O) groups is 1. The largest absolute Gasteiger partial charge is 0.619 e. The summed E-state index contributed by atoms with van der Waals surface area (Å²) in [5, 5.41) is 11.4. The molecule has 5 nitrogen and oxygen atoms in total. The van der Waals surface area contributed by atoms with E-state index in [1.54, 1.807) is 6.07 Å². The van der Waals surface area contributed by atoms with Crippen molar-refractivity contribution in [1.82, 2.24) is 4.90 Å². The second-order valence-electron chi connectivity index (χ2n) is 8.06. The van der Waals surface area contributed by atoms with Crippen molar-refractivity contribution in [3.8, 4) is 0 Å². The summed E-state index contributed by atoms with van der Waals surface area (Å²) in [6.07, 6.45) is -3.41. The van der Waals surface area contributed by atoms with Gasteiger partial charge in [-0.25, -0.2) is 13.6 Å². The molecule has 1 aliphatic heterocycles. The van der Waals surface area contributed by atoms with Crippen molar-refractivity contribution < 1.29 is 35.9 Å². The molecule has 0 bridgehead atoms. The Morgan fingerprint density at radius 1 is 0.971 bits per heavy atom. The van der Waals surface area contributed by atoms with Gasteiger partial charge in [0, 0.05) is 24.1 Å². The molecule has 0 spiro atoms. The molecule has 3 aromatic rings. The highest BCUT2D eigenvalue weighted by Crippen LogP contribution is 2.50. The van der Waals surface area contributed by atoms with E-state index in [0.717, 1.165) is 29.4 Å². The van der Waals surface area contributed by atoms with Gasteiger partial charge in [-0.1, -0.05) is 30.3 Å². The fourth-order valence-corrected chi connectivity index (χ4v) is 4.53. The third kappa shape index (κ3) is 4.38. The third-order valence-electron chi connectivity index (χ3n) is 5.96. The number of hydrogen-bond acceptors (Lipinski definition) is 2. The van der Waals surface area contributed by atoms with Crippen molar-refractivity contribution >= 4 is 11.7 Å². The first-order chi connectivity index (χ1) is 16.6. The van der Waals surface area contributed by atoms with Gasteiger partial charge >= 0.3 is 12.2 Å². The predicted molar refractivity (Wildman–Crippen MR) is 114 cm³/mol. The first kappa shape index (κ1) is 24.4. The molecule has 0 saturated heterocycles. The summed E-state index contributed by atoms with van der Waals surface area (Å²) in [5.74, 6) is -2.83. The number of pyridine rings is 1. The molecule has 2 aromatic carbocycles. The zero-order valence-electron chi connectivity index (χ0n) is 18.1. The molecule has 0 aliphatic carbocycles. The monoisotopic (exact) mass is 495 g/mol. The van der Waals surface area contributed by atoms with Gasteiger partial charge in [-0.3, -0.25) is 9.29 Å². The summed E-state index contributed by atoms with van der Waals surface area (Å²) < 4.78 is 85.7. The average molecular weight is 495 g/mol. The normalized spacial score (nSPS) is 18.1. The van der Waals surface area contributed by atoms with E-state index in [1.165, 1.54) is 36.4 Å². The minimum atomic E-state index is -4.93. The molecule has 35 heavy (non-hydrogen) atoms. The molecule has 1 aromatic heterocycles. The van der Waals surface area contributed by atoms with Gasteiger partial charge in [0.05, 0.1) is 18.9 Å². The highest BCUT2D eigenvalue weighted by molar-refractivity contribution is 5.97. The highest BCUT2D eigenvalue weighted by Gasteiger charge is 2.55. The molecule has 0 saturated carbocycles. The van der Waals surface area contributed by atoms with E-state index < -0.39 is 54.6 Å². The lowest BCUT2D eigenvalue weighted by Crippen LogP contribution is -2.62. The molecule has 0 radical (unpaired) electrons. The van der Waals surface area contributed by atoms with Gasteiger partial charge in [0.1, 0.15) is 12.1 Å². The quantitative estimate of drug-likeness (QED) is 0.268. The Morgan fingerprint density at radius 2 is 1.63 bits per heavy atom. The van der Waals surface area contributed by atoms with Crippen molar-refractivity contribution in [3.63, 3.8) is 0 Å². The molecule has 0 N–H and O–H groups in total. The molecule has 0 fully saturated rings. The summed E-state index contributed by atoms with van der Waals surface area (Å²) >= 11 is 0. The maximum atomic E-state index is 15.5. The zero-order valence-corrected chi connectivity index (χ0v) is 18.1. The lowest BCUT2D eigenvalue weighted by atomic mass is 9.76. The summed E-state index contributed by atoms with van der Waals surface area (Å²) in [5.41, 5.74) is -2.67. The van der Waals surface area contributed by atoms with Crippen LogP contribution < -0.4 is 9.63 Å². The number of benzene rings is 2. The Bertz CT molecular complexity index is 1220. The molecule has 184 valence electrons. The second-order valence-corrected chi connectivity index (χ2v) is 8.06. The smallest absolute Gasteiger partial charge is 0.406 e. The number of hydrogen-bond donors (Lipinski definition) is 0. The van der Waals surface area contributed by atoms with E-state index >= 15 is 4.39 Å². The number of carbonyl (C=O) groups excluding carboxylic acids is 1. The van der Waals surface area contributed by atoms with E-state index in [-0.39, 0.29) is 17.8 Å². The van der Waals surface area contributed by atoms with E-state index in [2.05, 4.69) is 0 Å². The molecule has 1 aliphatic rings. The van der Waals surface area contributed by atoms with Gasteiger partial charge in [-0.2, -0.15) is 17.9 Å². The summed E-state index contributed by atoms with van der Waals surface area (Å²) in [6.45, 7) is -3.39. The fraction of sp³-hybridized carbons (Fsp3) is 0.250. The van der Waals surface area contributed by atoms with Crippen LogP contribution in [0.2, 0.25) is 0 Å². The van der Waals surface area contributed by atoms with Crippen molar-refractivity contribution in [1.29, 1.82) is 0 Å². The standard InChI is InChI=1S/C24H19F6N3O2/c25-11-10-23(17-4-2-1-3-5-17)20-19(7-6-18(26)21(20)27)32(14-16-8-12-31(35)13-9-16)22(34)33(23)15-24(28,29)30/h1-9,12-13H,10-11,14-15H2. The van der Waals surface area contributed by atoms with E-state index in [1.807, 2.05) is 0 Å². The zero-order chi connectivity index (χ0) is 25.4.